The van der Waals surface area contributed by atoms with Crippen LogP contribution in [0.4, 0.5) is 0 Å². The first-order valence-electron chi connectivity index (χ1n) is 10.5. The van der Waals surface area contributed by atoms with E-state index in [-0.39, 0.29) is 25.3 Å². The van der Waals surface area contributed by atoms with Gasteiger partial charge in [-0.25, -0.2) is 8.42 Å². The molecule has 33 heavy (non-hydrogen) atoms. The van der Waals surface area contributed by atoms with Crippen LogP contribution in [0.3, 0.4) is 0 Å². The lowest BCUT2D eigenvalue weighted by Gasteiger charge is -2.40. The van der Waals surface area contributed by atoms with E-state index in [0.717, 1.165) is 11.2 Å². The molecule has 4 N–H and O–H groups in total. The van der Waals surface area contributed by atoms with Crippen LogP contribution in [0.1, 0.15) is 18.4 Å². The topological polar surface area (TPSA) is 147 Å². The van der Waals surface area contributed by atoms with Gasteiger partial charge in [0.25, 0.3) is 0 Å². The maximum atomic E-state index is 13.4. The summed E-state index contributed by atoms with van der Waals surface area (Å²) in [5, 5.41) is 12.8. The Morgan fingerprint density at radius 2 is 1.91 bits per heavy atom. The number of rotatable bonds is 10. The smallest absolute Gasteiger partial charge is 0.246 e. The van der Waals surface area contributed by atoms with Crippen molar-refractivity contribution in [1.29, 1.82) is 0 Å². The molecule has 1 aromatic carbocycles. The van der Waals surface area contributed by atoms with Gasteiger partial charge in [0.2, 0.25) is 17.7 Å². The van der Waals surface area contributed by atoms with Crippen molar-refractivity contribution in [2.45, 2.75) is 25.3 Å². The first-order chi connectivity index (χ1) is 15.4. The zero-order valence-corrected chi connectivity index (χ0v) is 19.9. The lowest BCUT2D eigenvalue weighted by atomic mass is 9.76. The third-order valence-electron chi connectivity index (χ3n) is 6.15. The molecule has 2 aliphatic rings. The highest BCUT2D eigenvalue weighted by molar-refractivity contribution is 7.90. The summed E-state index contributed by atoms with van der Waals surface area (Å²) in [4.78, 5) is 40.0. The average Bonchev–Trinajstić information content (AvgIpc) is 3.48. The van der Waals surface area contributed by atoms with Gasteiger partial charge in [-0.1, -0.05) is 35.9 Å². The minimum absolute atomic E-state index is 0.0219. The van der Waals surface area contributed by atoms with Gasteiger partial charge in [-0.3, -0.25) is 14.4 Å². The number of β-amino-alcohol motifs (C(OH)–C–C–N with tert-alkyl or cyclic N) is 1. The molecule has 0 saturated heterocycles. The van der Waals surface area contributed by atoms with Crippen LogP contribution in [0.15, 0.2) is 36.4 Å². The molecule has 9 nitrogen and oxygen atoms in total. The molecule has 2 unspecified atom stereocenters. The van der Waals surface area contributed by atoms with Crippen molar-refractivity contribution >= 4 is 39.2 Å². The van der Waals surface area contributed by atoms with Gasteiger partial charge < -0.3 is 21.1 Å². The number of nitrogens with two attached hydrogens (primary N) is 1. The SMILES string of the molecule is CS(=O)(=O)CC1(CNC(=O)C2C=CC(Cc3ccc(Cl)cc3)(C(N)=O)C(=O)N2CCO)CC1. The van der Waals surface area contributed by atoms with Crippen LogP contribution in [0.25, 0.3) is 0 Å². The Kier molecular flexibility index (Phi) is 7.21. The molecule has 1 aliphatic heterocycles. The molecule has 3 rings (SSSR count). The molecule has 0 bridgehead atoms. The minimum atomic E-state index is -3.20. The number of hydrogen-bond acceptors (Lipinski definition) is 6. The van der Waals surface area contributed by atoms with Crippen molar-refractivity contribution < 1.29 is 27.9 Å². The predicted molar refractivity (Wildman–Crippen MR) is 123 cm³/mol. The fraction of sp³-hybridized carbons (Fsp3) is 0.500. The molecule has 0 spiro atoms. The third-order valence-corrected chi connectivity index (χ3v) is 7.54. The number of hydrogen-bond donors (Lipinski definition) is 3. The summed E-state index contributed by atoms with van der Waals surface area (Å²) in [6.07, 6.45) is 5.29. The Balaban J connectivity index is 1.82. The van der Waals surface area contributed by atoms with Crippen molar-refractivity contribution in [2.24, 2.45) is 16.6 Å². The first kappa shape index (κ1) is 25.2. The fourth-order valence-corrected chi connectivity index (χ4v) is 5.84. The van der Waals surface area contributed by atoms with E-state index in [0.29, 0.717) is 23.4 Å². The van der Waals surface area contributed by atoms with Crippen molar-refractivity contribution in [1.82, 2.24) is 10.2 Å². The Labute approximate surface area is 197 Å². The Morgan fingerprint density at radius 1 is 1.27 bits per heavy atom. The van der Waals surface area contributed by atoms with Crippen LogP contribution in [-0.2, 0) is 30.6 Å². The molecule has 1 aromatic rings. The summed E-state index contributed by atoms with van der Waals surface area (Å²) in [7, 11) is -3.20. The second kappa shape index (κ2) is 9.44. The first-order valence-corrected chi connectivity index (χ1v) is 13.0. The zero-order chi connectivity index (χ0) is 24.4. The molecule has 0 radical (unpaired) electrons. The average molecular weight is 498 g/mol. The van der Waals surface area contributed by atoms with Gasteiger partial charge in [-0.15, -0.1) is 0 Å². The van der Waals surface area contributed by atoms with Gasteiger partial charge >= 0.3 is 0 Å². The van der Waals surface area contributed by atoms with Crippen molar-refractivity contribution in [3.63, 3.8) is 0 Å². The lowest BCUT2D eigenvalue weighted by molar-refractivity contribution is -0.152. The predicted octanol–water partition coefficient (Wildman–Crippen LogP) is 0.0545. The van der Waals surface area contributed by atoms with E-state index in [9.17, 15) is 27.9 Å². The summed E-state index contributed by atoms with van der Waals surface area (Å²) in [6.45, 7) is -0.432. The number of primary amides is 1. The third kappa shape index (κ3) is 5.74. The highest BCUT2D eigenvalue weighted by Crippen LogP contribution is 2.46. The molecular formula is C22H28ClN3O6S. The number of nitrogens with one attached hydrogen (secondary N) is 1. The van der Waals surface area contributed by atoms with Crippen molar-refractivity contribution in [2.75, 3.05) is 31.7 Å². The quantitative estimate of drug-likeness (QED) is 0.307. The van der Waals surface area contributed by atoms with E-state index >= 15 is 0 Å². The van der Waals surface area contributed by atoms with Crippen LogP contribution in [0.5, 0.6) is 0 Å². The standard InChI is InChI=1S/C22H28ClN3O6S/c1-33(31,32)14-21(8-9-21)13-25-18(28)17-6-7-22(19(24)29,20(30)26(17)10-11-27)12-15-2-4-16(23)5-3-15/h2-7,17,27H,8-14H2,1H3,(H2,24,29)(H,25,28). The van der Waals surface area contributed by atoms with E-state index in [1.54, 1.807) is 24.3 Å². The van der Waals surface area contributed by atoms with Gasteiger partial charge in [-0.05, 0) is 37.0 Å². The number of sulfone groups is 1. The van der Waals surface area contributed by atoms with E-state index < -0.39 is 51.0 Å². The summed E-state index contributed by atoms with van der Waals surface area (Å²) in [5.74, 6) is -2.09. The molecular weight excluding hydrogens is 470 g/mol. The Hall–Kier alpha value is -2.43. The van der Waals surface area contributed by atoms with Crippen molar-refractivity contribution in [3.8, 4) is 0 Å². The van der Waals surface area contributed by atoms with Gasteiger partial charge in [-0.2, -0.15) is 0 Å². The van der Waals surface area contributed by atoms with Crippen molar-refractivity contribution in [3.05, 3.63) is 47.0 Å². The van der Waals surface area contributed by atoms with Gasteiger partial charge in [0.1, 0.15) is 21.3 Å². The summed E-state index contributed by atoms with van der Waals surface area (Å²) >= 11 is 5.91. The van der Waals surface area contributed by atoms with E-state index in [1.807, 2.05) is 0 Å². The highest BCUT2D eigenvalue weighted by atomic mass is 35.5. The van der Waals surface area contributed by atoms with Crippen LogP contribution in [0.2, 0.25) is 5.02 Å². The highest BCUT2D eigenvalue weighted by Gasteiger charge is 2.50. The second-order valence-electron chi connectivity index (χ2n) is 8.95. The Bertz CT molecular complexity index is 1070. The number of halogens is 1. The lowest BCUT2D eigenvalue weighted by Crippen LogP contribution is -2.60. The fourth-order valence-electron chi connectivity index (χ4n) is 4.21. The van der Waals surface area contributed by atoms with Crippen LogP contribution in [-0.4, -0.2) is 73.9 Å². The van der Waals surface area contributed by atoms with Crippen LogP contribution < -0.4 is 11.1 Å². The molecule has 1 fully saturated rings. The normalized spacial score (nSPS) is 23.9. The van der Waals surface area contributed by atoms with Gasteiger partial charge in [0, 0.05) is 29.8 Å². The van der Waals surface area contributed by atoms with E-state index in [4.69, 9.17) is 17.3 Å². The van der Waals surface area contributed by atoms with Crippen LogP contribution >= 0.6 is 11.6 Å². The molecule has 1 saturated carbocycles. The Morgan fingerprint density at radius 3 is 2.42 bits per heavy atom. The molecule has 180 valence electrons. The summed E-state index contributed by atoms with van der Waals surface area (Å²) < 4.78 is 23.3. The molecule has 1 aliphatic carbocycles. The van der Waals surface area contributed by atoms with Gasteiger partial charge in [0.05, 0.1) is 12.4 Å². The number of aliphatic hydroxyl groups excluding tert-OH is 1. The number of amides is 3. The van der Waals surface area contributed by atoms with Crippen LogP contribution in [0, 0.1) is 10.8 Å². The molecule has 3 amide bonds. The van der Waals surface area contributed by atoms with Gasteiger partial charge in [0.15, 0.2) is 0 Å². The molecule has 1 heterocycles. The second-order valence-corrected chi connectivity index (χ2v) is 11.5. The maximum Gasteiger partial charge on any atom is 0.246 e. The summed E-state index contributed by atoms with van der Waals surface area (Å²) in [6, 6.07) is 5.57. The molecule has 11 heteroatoms. The largest absolute Gasteiger partial charge is 0.395 e. The monoisotopic (exact) mass is 497 g/mol. The number of nitrogens with zero attached hydrogens (tertiary/aromatic N) is 1. The van der Waals surface area contributed by atoms with E-state index in [1.165, 1.54) is 12.2 Å². The number of carbonyl (C=O) groups is 3. The minimum Gasteiger partial charge on any atom is -0.395 e. The van der Waals surface area contributed by atoms with E-state index in [2.05, 4.69) is 5.32 Å². The zero-order valence-electron chi connectivity index (χ0n) is 18.3. The number of aliphatic hydroxyl groups is 1. The maximum absolute atomic E-state index is 13.4. The summed E-state index contributed by atoms with van der Waals surface area (Å²) in [5.41, 5.74) is 4.10. The number of carbonyl (C=O) groups excluding carboxylic acids is 3. The number of benzene rings is 1. The molecule has 2 atom stereocenters. The molecule has 0 aromatic heterocycles.